The highest BCUT2D eigenvalue weighted by Crippen LogP contribution is 2.50. The maximum Gasteiger partial charge on any atom is 0.315 e. The number of carbonyl (C=O) groups excluding carboxylic acids is 2. The number of nitrogens with zero attached hydrogens (tertiary/aromatic N) is 1. The van der Waals surface area contributed by atoms with Crippen molar-refractivity contribution in [1.82, 2.24) is 0 Å². The van der Waals surface area contributed by atoms with Crippen molar-refractivity contribution in [2.75, 3.05) is 14.2 Å². The summed E-state index contributed by atoms with van der Waals surface area (Å²) in [6, 6.07) is 13.7. The van der Waals surface area contributed by atoms with E-state index in [1.807, 2.05) is 51.1 Å². The van der Waals surface area contributed by atoms with Gasteiger partial charge < -0.3 is 14.2 Å². The Balaban J connectivity index is 1.86. The Kier molecular flexibility index (Phi) is 7.98. The van der Waals surface area contributed by atoms with Crippen LogP contribution in [0.25, 0.3) is 0 Å². The fourth-order valence-corrected chi connectivity index (χ4v) is 5.69. The third kappa shape index (κ3) is 4.99. The molecule has 190 valence electrons. The highest BCUT2D eigenvalue weighted by atomic mass is 79.9. The number of allylic oxidation sites excluding steroid dienone is 2. The van der Waals surface area contributed by atoms with Crippen LogP contribution in [0, 0.1) is 5.92 Å². The summed E-state index contributed by atoms with van der Waals surface area (Å²) < 4.78 is 17.5. The second-order valence-corrected chi connectivity index (χ2v) is 10.2. The number of aliphatic imine (C=N–C) groups is 1. The molecule has 0 N–H and O–H groups in total. The van der Waals surface area contributed by atoms with E-state index in [2.05, 4.69) is 28.1 Å². The van der Waals surface area contributed by atoms with E-state index in [9.17, 15) is 9.59 Å². The fourth-order valence-electron chi connectivity index (χ4n) is 5.13. The molecule has 0 saturated heterocycles. The molecule has 2 aromatic carbocycles. The number of rotatable bonds is 7. The van der Waals surface area contributed by atoms with Gasteiger partial charge in [0.05, 0.1) is 20.3 Å². The molecular formula is C29H32BrNO5. The number of Topliss-reactive ketones (excluding diaryl/α,β-unsaturated/α-hetero) is 1. The Bertz CT molecular complexity index is 1220. The molecule has 6 nitrogen and oxygen atoms in total. The molecule has 4 rings (SSSR count). The summed E-state index contributed by atoms with van der Waals surface area (Å²) in [7, 11) is 3.14. The predicted octanol–water partition coefficient (Wildman–Crippen LogP) is 6.38. The first-order valence-electron chi connectivity index (χ1n) is 12.3. The van der Waals surface area contributed by atoms with Crippen molar-refractivity contribution in [3.8, 4) is 11.5 Å². The first kappa shape index (κ1) is 26.1. The van der Waals surface area contributed by atoms with Gasteiger partial charge in [0, 0.05) is 33.8 Å². The largest absolute Gasteiger partial charge is 0.493 e. The van der Waals surface area contributed by atoms with E-state index >= 15 is 0 Å². The van der Waals surface area contributed by atoms with Gasteiger partial charge in [-0.2, -0.15) is 0 Å². The number of hydrogen-bond acceptors (Lipinski definition) is 6. The van der Waals surface area contributed by atoms with Gasteiger partial charge in [0.15, 0.2) is 17.3 Å². The lowest BCUT2D eigenvalue weighted by molar-refractivity contribution is -0.151. The highest BCUT2D eigenvalue weighted by molar-refractivity contribution is 9.10. The standard InChI is InChI=1S/C29H32BrNO5/c1-6-16(2)36-29(33)26-17(3)31-22-12-19(18-10-8-7-9-11-18)13-23(32)28(22)27(26)20-14-24(34-4)25(35-5)15-21(20)30/h7-11,14-16,19,26-27H,6,12-13H2,1-5H3/t16-,19+,26?,27+/m0/s1. The van der Waals surface area contributed by atoms with Gasteiger partial charge in [0.25, 0.3) is 0 Å². The molecule has 0 spiro atoms. The summed E-state index contributed by atoms with van der Waals surface area (Å²) in [5.74, 6) is -0.501. The van der Waals surface area contributed by atoms with E-state index in [1.165, 1.54) is 0 Å². The number of carbonyl (C=O) groups is 2. The normalized spacial score (nSPS) is 22.4. The topological polar surface area (TPSA) is 74.2 Å². The third-order valence-corrected chi connectivity index (χ3v) is 7.83. The van der Waals surface area contributed by atoms with Crippen LogP contribution < -0.4 is 9.47 Å². The van der Waals surface area contributed by atoms with Crippen LogP contribution in [0.3, 0.4) is 0 Å². The molecule has 7 heteroatoms. The zero-order valence-electron chi connectivity index (χ0n) is 21.3. The van der Waals surface area contributed by atoms with E-state index in [0.717, 1.165) is 21.3 Å². The quantitative estimate of drug-likeness (QED) is 0.371. The second kappa shape index (κ2) is 11.0. The van der Waals surface area contributed by atoms with E-state index in [-0.39, 0.29) is 23.8 Å². The summed E-state index contributed by atoms with van der Waals surface area (Å²) in [6.07, 6.45) is 1.47. The first-order valence-corrected chi connectivity index (χ1v) is 13.1. The van der Waals surface area contributed by atoms with Crippen molar-refractivity contribution < 1.29 is 23.8 Å². The molecule has 0 saturated carbocycles. The fraction of sp³-hybridized carbons (Fsp3) is 0.414. The van der Waals surface area contributed by atoms with Crippen LogP contribution in [0.1, 0.15) is 63.0 Å². The van der Waals surface area contributed by atoms with Crippen LogP contribution in [0.15, 0.2) is 63.2 Å². The molecule has 1 unspecified atom stereocenters. The Morgan fingerprint density at radius 1 is 1.11 bits per heavy atom. The van der Waals surface area contributed by atoms with Crippen LogP contribution in [0.2, 0.25) is 0 Å². The number of benzene rings is 2. The zero-order valence-corrected chi connectivity index (χ0v) is 22.9. The van der Waals surface area contributed by atoms with Gasteiger partial charge in [-0.05, 0) is 55.9 Å². The Labute approximate surface area is 220 Å². The zero-order chi connectivity index (χ0) is 26.0. The van der Waals surface area contributed by atoms with Crippen molar-refractivity contribution in [3.05, 3.63) is 69.3 Å². The van der Waals surface area contributed by atoms with Crippen molar-refractivity contribution in [2.45, 2.75) is 58.0 Å². The molecule has 1 heterocycles. The SMILES string of the molecule is CC[C@H](C)OC(=O)C1C(C)=NC2=C(C(=O)C[C@H](c3ccccc3)C2)[C@@H]1c1cc(OC)c(OC)cc1Br. The van der Waals surface area contributed by atoms with Gasteiger partial charge in [-0.25, -0.2) is 0 Å². The number of hydrogen-bond donors (Lipinski definition) is 0. The van der Waals surface area contributed by atoms with E-state index in [1.54, 1.807) is 14.2 Å². The summed E-state index contributed by atoms with van der Waals surface area (Å²) in [5.41, 5.74) is 3.87. The third-order valence-electron chi connectivity index (χ3n) is 7.14. The lowest BCUT2D eigenvalue weighted by Crippen LogP contribution is -2.39. The summed E-state index contributed by atoms with van der Waals surface area (Å²) >= 11 is 3.67. The first-order chi connectivity index (χ1) is 17.3. The van der Waals surface area contributed by atoms with Gasteiger partial charge in [0.1, 0.15) is 5.92 Å². The van der Waals surface area contributed by atoms with E-state index in [0.29, 0.717) is 42.0 Å². The minimum absolute atomic E-state index is 0.00868. The van der Waals surface area contributed by atoms with Gasteiger partial charge in [0.2, 0.25) is 0 Å². The number of methoxy groups -OCH3 is 2. The predicted molar refractivity (Wildman–Crippen MR) is 143 cm³/mol. The average molecular weight is 554 g/mol. The molecule has 1 aliphatic heterocycles. The van der Waals surface area contributed by atoms with Gasteiger partial charge in [-0.15, -0.1) is 0 Å². The van der Waals surface area contributed by atoms with Crippen LogP contribution in [0.5, 0.6) is 11.5 Å². The smallest absolute Gasteiger partial charge is 0.315 e. The number of esters is 1. The molecule has 0 radical (unpaired) electrons. The van der Waals surface area contributed by atoms with Crippen LogP contribution in [-0.2, 0) is 14.3 Å². The minimum Gasteiger partial charge on any atom is -0.493 e. The molecule has 1 aliphatic carbocycles. The van der Waals surface area contributed by atoms with Crippen molar-refractivity contribution >= 4 is 33.4 Å². The molecule has 0 fully saturated rings. The molecule has 0 bridgehead atoms. The molecule has 4 atom stereocenters. The number of ether oxygens (including phenoxy) is 3. The van der Waals surface area contributed by atoms with Crippen molar-refractivity contribution in [1.29, 1.82) is 0 Å². The Hall–Kier alpha value is -2.93. The van der Waals surface area contributed by atoms with E-state index in [4.69, 9.17) is 19.2 Å². The summed E-state index contributed by atoms with van der Waals surface area (Å²) in [4.78, 5) is 32.1. The molecule has 2 aliphatic rings. The maximum atomic E-state index is 13.8. The van der Waals surface area contributed by atoms with Crippen LogP contribution in [0.4, 0.5) is 0 Å². The molecule has 36 heavy (non-hydrogen) atoms. The Morgan fingerprint density at radius 2 is 1.78 bits per heavy atom. The molecular weight excluding hydrogens is 522 g/mol. The molecule has 0 amide bonds. The second-order valence-electron chi connectivity index (χ2n) is 9.39. The van der Waals surface area contributed by atoms with Crippen LogP contribution >= 0.6 is 15.9 Å². The molecule has 0 aromatic heterocycles. The van der Waals surface area contributed by atoms with Gasteiger partial charge in [-0.3, -0.25) is 14.6 Å². The van der Waals surface area contributed by atoms with Gasteiger partial charge >= 0.3 is 5.97 Å². The minimum atomic E-state index is -0.718. The van der Waals surface area contributed by atoms with Gasteiger partial charge in [-0.1, -0.05) is 53.2 Å². The Morgan fingerprint density at radius 3 is 2.42 bits per heavy atom. The average Bonchev–Trinajstić information content (AvgIpc) is 2.87. The summed E-state index contributed by atoms with van der Waals surface area (Å²) in [5, 5.41) is 0. The van der Waals surface area contributed by atoms with Crippen LogP contribution in [-0.4, -0.2) is 37.8 Å². The monoisotopic (exact) mass is 553 g/mol. The van der Waals surface area contributed by atoms with Crippen molar-refractivity contribution in [3.63, 3.8) is 0 Å². The van der Waals surface area contributed by atoms with Crippen molar-refractivity contribution in [2.24, 2.45) is 10.9 Å². The number of halogens is 1. The maximum absolute atomic E-state index is 13.8. The lowest BCUT2D eigenvalue weighted by Gasteiger charge is -2.37. The number of ketones is 1. The molecule has 2 aromatic rings. The summed E-state index contributed by atoms with van der Waals surface area (Å²) in [6.45, 7) is 5.69. The highest BCUT2D eigenvalue weighted by Gasteiger charge is 2.46. The van der Waals surface area contributed by atoms with E-state index < -0.39 is 11.8 Å². The lowest BCUT2D eigenvalue weighted by atomic mass is 9.69.